The molecule has 0 saturated carbocycles. The molecule has 0 aliphatic carbocycles. The Morgan fingerprint density at radius 2 is 1.40 bits per heavy atom. The number of benzene rings is 2. The van der Waals surface area contributed by atoms with Crippen molar-refractivity contribution in [3.05, 3.63) is 48.5 Å². The standard InChI is InChI=1S/C24H29F3O3/c1-4-6-21(25)22(26)15-29-19-11-7-17(8-12-19)18-9-13-20(14-10-18)30-24(28)23(27)16(3)5-2/h7-14,16,21-23H,4-6,15H2,1-3H3/t16-,21-,22-,23+/m0/s1. The Bertz CT molecular complexity index is 777. The summed E-state index contributed by atoms with van der Waals surface area (Å²) in [5, 5.41) is 0. The van der Waals surface area contributed by atoms with E-state index in [0.717, 1.165) is 11.1 Å². The Morgan fingerprint density at radius 1 is 0.867 bits per heavy atom. The first kappa shape index (κ1) is 23.8. The van der Waals surface area contributed by atoms with Gasteiger partial charge in [0.1, 0.15) is 24.3 Å². The summed E-state index contributed by atoms with van der Waals surface area (Å²) in [6, 6.07) is 13.7. The monoisotopic (exact) mass is 422 g/mol. The first-order valence-electron chi connectivity index (χ1n) is 10.3. The molecule has 0 saturated heterocycles. The van der Waals surface area contributed by atoms with Crippen LogP contribution in [0.5, 0.6) is 11.5 Å². The van der Waals surface area contributed by atoms with E-state index in [1.165, 1.54) is 0 Å². The number of carbonyl (C=O) groups is 1. The molecule has 3 nitrogen and oxygen atoms in total. The van der Waals surface area contributed by atoms with E-state index in [9.17, 15) is 18.0 Å². The lowest BCUT2D eigenvalue weighted by molar-refractivity contribution is -0.141. The van der Waals surface area contributed by atoms with Gasteiger partial charge in [0.25, 0.3) is 0 Å². The molecule has 2 aromatic rings. The van der Waals surface area contributed by atoms with E-state index in [4.69, 9.17) is 9.47 Å². The van der Waals surface area contributed by atoms with Gasteiger partial charge in [-0.15, -0.1) is 0 Å². The summed E-state index contributed by atoms with van der Waals surface area (Å²) in [6.45, 7) is 4.96. The Morgan fingerprint density at radius 3 is 1.90 bits per heavy atom. The van der Waals surface area contributed by atoms with Crippen LogP contribution >= 0.6 is 0 Å². The zero-order valence-corrected chi connectivity index (χ0v) is 17.6. The molecule has 0 heterocycles. The van der Waals surface area contributed by atoms with Crippen molar-refractivity contribution in [1.82, 2.24) is 0 Å². The number of alkyl halides is 3. The molecule has 0 N–H and O–H groups in total. The second kappa shape index (κ2) is 11.6. The van der Waals surface area contributed by atoms with Crippen molar-refractivity contribution >= 4 is 5.97 Å². The molecule has 0 fully saturated rings. The largest absolute Gasteiger partial charge is 0.490 e. The molecule has 2 aromatic carbocycles. The van der Waals surface area contributed by atoms with Gasteiger partial charge in [-0.2, -0.15) is 0 Å². The summed E-state index contributed by atoms with van der Waals surface area (Å²) in [5.41, 5.74) is 1.73. The molecule has 164 valence electrons. The Kier molecular flexibility index (Phi) is 9.21. The van der Waals surface area contributed by atoms with Crippen molar-refractivity contribution in [1.29, 1.82) is 0 Å². The van der Waals surface area contributed by atoms with Crippen molar-refractivity contribution in [2.75, 3.05) is 6.61 Å². The first-order chi connectivity index (χ1) is 14.3. The van der Waals surface area contributed by atoms with Gasteiger partial charge >= 0.3 is 5.97 Å². The third kappa shape index (κ3) is 6.78. The average molecular weight is 422 g/mol. The van der Waals surface area contributed by atoms with Crippen LogP contribution in [0.4, 0.5) is 13.2 Å². The molecule has 0 bridgehead atoms. The highest BCUT2D eigenvalue weighted by molar-refractivity contribution is 5.77. The highest BCUT2D eigenvalue weighted by Crippen LogP contribution is 2.26. The minimum atomic E-state index is -1.65. The second-order valence-corrected chi connectivity index (χ2v) is 7.39. The lowest BCUT2D eigenvalue weighted by Crippen LogP contribution is -2.27. The van der Waals surface area contributed by atoms with E-state index in [1.807, 2.05) is 6.92 Å². The number of rotatable bonds is 11. The molecule has 4 atom stereocenters. The number of carbonyl (C=O) groups excluding carboxylic acids is 1. The summed E-state index contributed by atoms with van der Waals surface area (Å²) in [4.78, 5) is 11.8. The van der Waals surface area contributed by atoms with Crippen molar-refractivity contribution in [3.8, 4) is 22.6 Å². The molecule has 30 heavy (non-hydrogen) atoms. The second-order valence-electron chi connectivity index (χ2n) is 7.39. The smallest absolute Gasteiger partial charge is 0.346 e. The molecular weight excluding hydrogens is 393 g/mol. The Labute approximate surface area is 176 Å². The van der Waals surface area contributed by atoms with Gasteiger partial charge in [-0.05, 0) is 47.7 Å². The fraction of sp³-hybridized carbons (Fsp3) is 0.458. The van der Waals surface area contributed by atoms with E-state index in [1.54, 1.807) is 62.4 Å². The van der Waals surface area contributed by atoms with Gasteiger partial charge in [0, 0.05) is 0 Å². The van der Waals surface area contributed by atoms with Crippen LogP contribution in [0.2, 0.25) is 0 Å². The van der Waals surface area contributed by atoms with Crippen LogP contribution in [-0.4, -0.2) is 31.1 Å². The van der Waals surface area contributed by atoms with Crippen molar-refractivity contribution in [2.45, 2.75) is 58.5 Å². The third-order valence-corrected chi connectivity index (χ3v) is 5.00. The van der Waals surface area contributed by atoms with Gasteiger partial charge in [0.05, 0.1) is 0 Å². The summed E-state index contributed by atoms with van der Waals surface area (Å²) >= 11 is 0. The number of ether oxygens (including phenoxy) is 2. The Balaban J connectivity index is 1.93. The topological polar surface area (TPSA) is 35.5 Å². The number of hydrogen-bond donors (Lipinski definition) is 0. The lowest BCUT2D eigenvalue weighted by Gasteiger charge is -2.14. The van der Waals surface area contributed by atoms with E-state index in [2.05, 4.69) is 0 Å². The molecule has 0 aliphatic rings. The first-order valence-corrected chi connectivity index (χ1v) is 10.3. The molecule has 0 unspecified atom stereocenters. The molecule has 0 spiro atoms. The van der Waals surface area contributed by atoms with E-state index < -0.39 is 30.4 Å². The van der Waals surface area contributed by atoms with Gasteiger partial charge in [0.2, 0.25) is 0 Å². The summed E-state index contributed by atoms with van der Waals surface area (Å²) < 4.78 is 51.5. The zero-order chi connectivity index (χ0) is 22.1. The van der Waals surface area contributed by atoms with Crippen molar-refractivity contribution in [3.63, 3.8) is 0 Å². The van der Waals surface area contributed by atoms with Gasteiger partial charge in [-0.1, -0.05) is 57.9 Å². The molecule has 6 heteroatoms. The average Bonchev–Trinajstić information content (AvgIpc) is 2.77. The molecule has 0 radical (unpaired) electrons. The predicted molar refractivity (Wildman–Crippen MR) is 112 cm³/mol. The molecule has 0 aromatic heterocycles. The van der Waals surface area contributed by atoms with Crippen molar-refractivity contribution in [2.24, 2.45) is 5.92 Å². The van der Waals surface area contributed by atoms with Crippen LogP contribution in [0.25, 0.3) is 11.1 Å². The number of halogens is 3. The molecule has 2 rings (SSSR count). The van der Waals surface area contributed by atoms with Crippen LogP contribution in [0.15, 0.2) is 48.5 Å². The number of hydrogen-bond acceptors (Lipinski definition) is 3. The maximum absolute atomic E-state index is 13.9. The fourth-order valence-corrected chi connectivity index (χ4v) is 2.81. The molecular formula is C24H29F3O3. The highest BCUT2D eigenvalue weighted by atomic mass is 19.2. The normalized spacial score (nSPS) is 15.1. The van der Waals surface area contributed by atoms with Gasteiger partial charge < -0.3 is 9.47 Å². The van der Waals surface area contributed by atoms with Crippen LogP contribution < -0.4 is 9.47 Å². The quantitative estimate of drug-likeness (QED) is 0.306. The van der Waals surface area contributed by atoms with Crippen LogP contribution in [0.3, 0.4) is 0 Å². The summed E-state index contributed by atoms with van der Waals surface area (Å²) in [6.07, 6.45) is -3.50. The van der Waals surface area contributed by atoms with Crippen molar-refractivity contribution < 1.29 is 27.4 Å². The minimum Gasteiger partial charge on any atom is -0.490 e. The van der Waals surface area contributed by atoms with Gasteiger partial charge in [-0.25, -0.2) is 18.0 Å². The predicted octanol–water partition coefficient (Wildman–Crippen LogP) is 6.50. The van der Waals surface area contributed by atoms with Crippen LogP contribution in [-0.2, 0) is 4.79 Å². The van der Waals surface area contributed by atoms with Gasteiger partial charge in [-0.3, -0.25) is 0 Å². The Hall–Kier alpha value is -2.50. The fourth-order valence-electron chi connectivity index (χ4n) is 2.81. The molecule has 0 aliphatic heterocycles. The maximum atomic E-state index is 13.9. The van der Waals surface area contributed by atoms with Crippen LogP contribution in [0.1, 0.15) is 40.0 Å². The maximum Gasteiger partial charge on any atom is 0.346 e. The zero-order valence-electron chi connectivity index (χ0n) is 17.6. The van der Waals surface area contributed by atoms with E-state index in [0.29, 0.717) is 18.6 Å². The summed E-state index contributed by atoms with van der Waals surface area (Å²) in [5.74, 6) is -0.557. The molecule has 0 amide bonds. The highest BCUT2D eigenvalue weighted by Gasteiger charge is 2.25. The third-order valence-electron chi connectivity index (χ3n) is 5.00. The van der Waals surface area contributed by atoms with E-state index >= 15 is 0 Å². The van der Waals surface area contributed by atoms with Gasteiger partial charge in [0.15, 0.2) is 12.3 Å². The minimum absolute atomic E-state index is 0.179. The van der Waals surface area contributed by atoms with Crippen LogP contribution in [0, 0.1) is 5.92 Å². The summed E-state index contributed by atoms with van der Waals surface area (Å²) in [7, 11) is 0. The lowest BCUT2D eigenvalue weighted by atomic mass is 10.0. The SMILES string of the molecule is CCC[C@H](F)[C@@H](F)COc1ccc(-c2ccc(OC(=O)[C@H](F)[C@@H](C)CC)cc2)cc1. The van der Waals surface area contributed by atoms with E-state index in [-0.39, 0.29) is 18.8 Å². The number of esters is 1.